The van der Waals surface area contributed by atoms with Crippen LogP contribution in [0.3, 0.4) is 0 Å². The van der Waals surface area contributed by atoms with Gasteiger partial charge in [-0.2, -0.15) is 0 Å². The van der Waals surface area contributed by atoms with E-state index < -0.39 is 5.97 Å². The van der Waals surface area contributed by atoms with Gasteiger partial charge in [0.15, 0.2) is 5.78 Å². The zero-order valence-corrected chi connectivity index (χ0v) is 10.1. The first-order chi connectivity index (χ1) is 7.99. The number of aliphatic carboxylic acids is 1. The number of Topliss-reactive ketones (excluding diaryl/α,β-unsaturated/α-hetero) is 1. The maximum Gasteiger partial charge on any atom is 0.306 e. The smallest absolute Gasteiger partial charge is 0.306 e. The fourth-order valence-electron chi connectivity index (χ4n) is 2.52. The predicted octanol–water partition coefficient (Wildman–Crippen LogP) is 2.39. The van der Waals surface area contributed by atoms with E-state index in [0.29, 0.717) is 12.8 Å². The first-order valence-electron chi connectivity index (χ1n) is 5.85. The minimum atomic E-state index is -0.736. The fourth-order valence-corrected chi connectivity index (χ4v) is 2.52. The van der Waals surface area contributed by atoms with Crippen molar-refractivity contribution >= 4 is 11.8 Å². The number of carboxylic acid groups (broad SMARTS) is 1. The number of carbonyl (C=O) groups excluding carboxylic acids is 1. The number of aryl methyl sites for hydroxylation is 2. The molecular weight excluding hydrogens is 216 g/mol. The minimum absolute atomic E-state index is 0.0442. The molecule has 1 aliphatic rings. The lowest BCUT2D eigenvalue weighted by atomic mass is 9.82. The third-order valence-electron chi connectivity index (χ3n) is 3.50. The van der Waals surface area contributed by atoms with Crippen LogP contribution in [-0.4, -0.2) is 16.9 Å². The second kappa shape index (κ2) is 4.32. The van der Waals surface area contributed by atoms with Crippen molar-refractivity contribution in [3.8, 4) is 0 Å². The summed E-state index contributed by atoms with van der Waals surface area (Å²) in [6.07, 6.45) is 2.04. The zero-order valence-electron chi connectivity index (χ0n) is 10.1. The molecule has 0 bridgehead atoms. The Balaban J connectivity index is 2.40. The molecule has 0 amide bonds. The van der Waals surface area contributed by atoms with E-state index in [9.17, 15) is 9.59 Å². The molecule has 3 nitrogen and oxygen atoms in total. The Hall–Kier alpha value is -1.64. The summed E-state index contributed by atoms with van der Waals surface area (Å²) in [6.45, 7) is 3.48. The van der Waals surface area contributed by atoms with Gasteiger partial charge in [0.2, 0.25) is 0 Å². The van der Waals surface area contributed by atoms with Crippen molar-refractivity contribution in [1.82, 2.24) is 0 Å². The molecule has 0 radical (unpaired) electrons. The van der Waals surface area contributed by atoms with Crippen LogP contribution in [0.4, 0.5) is 0 Å². The van der Waals surface area contributed by atoms with Crippen molar-refractivity contribution in [1.29, 1.82) is 0 Å². The molecule has 17 heavy (non-hydrogen) atoms. The van der Waals surface area contributed by atoms with Crippen molar-refractivity contribution in [3.05, 3.63) is 34.4 Å². The second-order valence-corrected chi connectivity index (χ2v) is 4.77. The lowest BCUT2D eigenvalue weighted by Gasteiger charge is -2.22. The molecular formula is C14H16O3. The third kappa shape index (κ3) is 2.23. The molecule has 90 valence electrons. The summed E-state index contributed by atoms with van der Waals surface area (Å²) in [5.41, 5.74) is 3.93. The van der Waals surface area contributed by atoms with E-state index >= 15 is 0 Å². The van der Waals surface area contributed by atoms with Gasteiger partial charge in [-0.1, -0.05) is 6.07 Å². The van der Waals surface area contributed by atoms with Gasteiger partial charge in [0.05, 0.1) is 5.92 Å². The quantitative estimate of drug-likeness (QED) is 0.796. The Morgan fingerprint density at radius 1 is 1.29 bits per heavy atom. The standard InChI is InChI=1S/C14H16O3/c1-8-5-10-3-4-11(14(16)17)6-12(10)7-13(8)9(2)15/h5,7,11H,3-4,6H2,1-2H3,(H,16,17). The highest BCUT2D eigenvalue weighted by Crippen LogP contribution is 2.28. The summed E-state index contributed by atoms with van der Waals surface area (Å²) in [5.74, 6) is -0.992. The number of rotatable bonds is 2. The van der Waals surface area contributed by atoms with Gasteiger partial charge in [0, 0.05) is 5.56 Å². The molecule has 1 aromatic carbocycles. The van der Waals surface area contributed by atoms with E-state index in [-0.39, 0.29) is 11.7 Å². The molecule has 0 fully saturated rings. The fraction of sp³-hybridized carbons (Fsp3) is 0.429. The predicted molar refractivity (Wildman–Crippen MR) is 64.3 cm³/mol. The lowest BCUT2D eigenvalue weighted by Crippen LogP contribution is -2.22. The molecule has 1 aliphatic carbocycles. The Morgan fingerprint density at radius 2 is 2.00 bits per heavy atom. The maximum atomic E-state index is 11.5. The van der Waals surface area contributed by atoms with E-state index in [1.165, 1.54) is 5.56 Å². The number of carbonyl (C=O) groups is 2. The Bertz CT molecular complexity index is 488. The van der Waals surface area contributed by atoms with Crippen molar-refractivity contribution in [2.45, 2.75) is 33.1 Å². The molecule has 2 rings (SSSR count). The summed E-state index contributed by atoms with van der Waals surface area (Å²) < 4.78 is 0. The SMILES string of the molecule is CC(=O)c1cc2c(cc1C)CCC(C(=O)O)C2. The average molecular weight is 232 g/mol. The summed E-state index contributed by atoms with van der Waals surface area (Å²) in [5, 5.41) is 9.03. The van der Waals surface area contributed by atoms with Crippen LogP contribution in [-0.2, 0) is 17.6 Å². The van der Waals surface area contributed by atoms with Gasteiger partial charge in [0.1, 0.15) is 0 Å². The molecule has 1 unspecified atom stereocenters. The Labute approximate surface area is 100 Å². The molecule has 3 heteroatoms. The van der Waals surface area contributed by atoms with Crippen molar-refractivity contribution in [3.63, 3.8) is 0 Å². The van der Waals surface area contributed by atoms with Gasteiger partial charge in [-0.05, 0) is 55.9 Å². The van der Waals surface area contributed by atoms with E-state index in [4.69, 9.17) is 5.11 Å². The molecule has 0 aromatic heterocycles. The van der Waals surface area contributed by atoms with Crippen LogP contribution in [0, 0.1) is 12.8 Å². The number of hydrogen-bond acceptors (Lipinski definition) is 2. The summed E-state index contributed by atoms with van der Waals surface area (Å²) in [6, 6.07) is 3.91. The third-order valence-corrected chi connectivity index (χ3v) is 3.50. The zero-order chi connectivity index (χ0) is 12.6. The molecule has 1 N–H and O–H groups in total. The molecule has 1 atom stereocenters. The second-order valence-electron chi connectivity index (χ2n) is 4.77. The molecule has 1 aromatic rings. The lowest BCUT2D eigenvalue weighted by molar-refractivity contribution is -0.142. The van der Waals surface area contributed by atoms with E-state index in [1.54, 1.807) is 6.92 Å². The summed E-state index contributed by atoms with van der Waals surface area (Å²) >= 11 is 0. The van der Waals surface area contributed by atoms with Crippen molar-refractivity contribution < 1.29 is 14.7 Å². The normalized spacial score (nSPS) is 18.6. The highest BCUT2D eigenvalue weighted by Gasteiger charge is 2.25. The number of carboxylic acids is 1. The van der Waals surface area contributed by atoms with Crippen molar-refractivity contribution in [2.75, 3.05) is 0 Å². The first kappa shape index (κ1) is 11.8. The van der Waals surface area contributed by atoms with Crippen LogP contribution >= 0.6 is 0 Å². The molecule has 0 aliphatic heterocycles. The van der Waals surface area contributed by atoms with Gasteiger partial charge in [-0.3, -0.25) is 9.59 Å². The molecule has 0 heterocycles. The van der Waals surface area contributed by atoms with Gasteiger partial charge >= 0.3 is 5.97 Å². The Kier molecular flexibility index (Phi) is 3.01. The van der Waals surface area contributed by atoms with Crippen LogP contribution in [0.5, 0.6) is 0 Å². The van der Waals surface area contributed by atoms with Crippen LogP contribution in [0.15, 0.2) is 12.1 Å². The number of hydrogen-bond donors (Lipinski definition) is 1. The Morgan fingerprint density at radius 3 is 2.59 bits per heavy atom. The van der Waals surface area contributed by atoms with Crippen LogP contribution in [0.2, 0.25) is 0 Å². The summed E-state index contributed by atoms with van der Waals surface area (Å²) in [4.78, 5) is 22.4. The van der Waals surface area contributed by atoms with Crippen LogP contribution in [0.25, 0.3) is 0 Å². The highest BCUT2D eigenvalue weighted by atomic mass is 16.4. The number of fused-ring (bicyclic) bond motifs is 1. The monoisotopic (exact) mass is 232 g/mol. The van der Waals surface area contributed by atoms with Crippen LogP contribution in [0.1, 0.15) is 40.4 Å². The van der Waals surface area contributed by atoms with E-state index in [0.717, 1.165) is 23.1 Å². The van der Waals surface area contributed by atoms with Crippen LogP contribution < -0.4 is 0 Å². The summed E-state index contributed by atoms with van der Waals surface area (Å²) in [7, 11) is 0. The van der Waals surface area contributed by atoms with Crippen molar-refractivity contribution in [2.24, 2.45) is 5.92 Å². The van der Waals surface area contributed by atoms with E-state index in [1.807, 2.05) is 19.1 Å². The molecule has 0 spiro atoms. The van der Waals surface area contributed by atoms with Gasteiger partial charge in [-0.25, -0.2) is 0 Å². The number of benzene rings is 1. The average Bonchev–Trinajstić information content (AvgIpc) is 2.27. The van der Waals surface area contributed by atoms with Gasteiger partial charge < -0.3 is 5.11 Å². The topological polar surface area (TPSA) is 54.4 Å². The first-order valence-corrected chi connectivity index (χ1v) is 5.85. The number of ketones is 1. The largest absolute Gasteiger partial charge is 0.481 e. The van der Waals surface area contributed by atoms with E-state index in [2.05, 4.69) is 0 Å². The maximum absolute atomic E-state index is 11.5. The molecule has 0 saturated carbocycles. The minimum Gasteiger partial charge on any atom is -0.481 e. The molecule has 0 saturated heterocycles. The van der Waals surface area contributed by atoms with Gasteiger partial charge in [0.25, 0.3) is 0 Å². The highest BCUT2D eigenvalue weighted by molar-refractivity contribution is 5.95. The van der Waals surface area contributed by atoms with Gasteiger partial charge in [-0.15, -0.1) is 0 Å².